The zero-order valence-electron chi connectivity index (χ0n) is 12.9. The van der Waals surface area contributed by atoms with E-state index in [1.807, 2.05) is 31.1 Å². The topological polar surface area (TPSA) is 28.5 Å². The summed E-state index contributed by atoms with van der Waals surface area (Å²) in [6.07, 6.45) is 5.31. The molecule has 0 bridgehead atoms. The van der Waals surface area contributed by atoms with Gasteiger partial charge in [-0.3, -0.25) is 4.98 Å². The van der Waals surface area contributed by atoms with Crippen molar-refractivity contribution < 1.29 is 4.39 Å². The van der Waals surface area contributed by atoms with Crippen LogP contribution in [0.15, 0.2) is 59.9 Å². The highest BCUT2D eigenvalue weighted by molar-refractivity contribution is 7.19. The van der Waals surface area contributed by atoms with Gasteiger partial charge in [0.25, 0.3) is 0 Å². The van der Waals surface area contributed by atoms with Crippen LogP contribution in [0.2, 0.25) is 0 Å². The molecule has 3 rings (SSSR count). The minimum Gasteiger partial charge on any atom is -0.369 e. The standard InChI is InChI=1S/C18H16FN3S/c1-22(2)12-21-17-11-16(13-7-9-20-10-8-13)18(23-17)14-3-5-15(19)6-4-14/h3-12H,1-2H3. The van der Waals surface area contributed by atoms with E-state index in [1.165, 1.54) is 12.1 Å². The molecule has 23 heavy (non-hydrogen) atoms. The maximum Gasteiger partial charge on any atom is 0.123 e. The van der Waals surface area contributed by atoms with Gasteiger partial charge in [0.2, 0.25) is 0 Å². The molecule has 2 aromatic heterocycles. The third-order valence-electron chi connectivity index (χ3n) is 3.23. The fourth-order valence-corrected chi connectivity index (χ4v) is 3.20. The number of aromatic nitrogens is 1. The van der Waals surface area contributed by atoms with E-state index in [0.717, 1.165) is 26.6 Å². The quantitative estimate of drug-likeness (QED) is 0.507. The number of rotatable bonds is 4. The number of nitrogens with zero attached hydrogens (tertiary/aromatic N) is 3. The van der Waals surface area contributed by atoms with E-state index in [0.29, 0.717) is 0 Å². The van der Waals surface area contributed by atoms with Crippen LogP contribution in [0.4, 0.5) is 9.39 Å². The van der Waals surface area contributed by atoms with Crippen LogP contribution in [-0.4, -0.2) is 30.3 Å². The largest absolute Gasteiger partial charge is 0.369 e. The van der Waals surface area contributed by atoms with Gasteiger partial charge in [-0.1, -0.05) is 12.1 Å². The first kappa shape index (κ1) is 15.4. The van der Waals surface area contributed by atoms with Crippen LogP contribution in [0.3, 0.4) is 0 Å². The van der Waals surface area contributed by atoms with Crippen molar-refractivity contribution in [3.05, 3.63) is 60.7 Å². The molecule has 116 valence electrons. The first-order valence-electron chi connectivity index (χ1n) is 7.14. The Hall–Kier alpha value is -2.53. The highest BCUT2D eigenvalue weighted by Crippen LogP contribution is 2.42. The van der Waals surface area contributed by atoms with Gasteiger partial charge >= 0.3 is 0 Å². The Labute approximate surface area is 138 Å². The Morgan fingerprint density at radius 3 is 2.39 bits per heavy atom. The molecular formula is C18H16FN3S. The van der Waals surface area contributed by atoms with Crippen LogP contribution in [0.25, 0.3) is 21.6 Å². The van der Waals surface area contributed by atoms with Gasteiger partial charge in [-0.2, -0.15) is 0 Å². The summed E-state index contributed by atoms with van der Waals surface area (Å²) in [7, 11) is 3.86. The molecule has 0 saturated carbocycles. The lowest BCUT2D eigenvalue weighted by atomic mass is 10.0. The molecule has 0 radical (unpaired) electrons. The third kappa shape index (κ3) is 3.63. The molecule has 0 amide bonds. The summed E-state index contributed by atoms with van der Waals surface area (Å²) >= 11 is 1.59. The highest BCUT2D eigenvalue weighted by Gasteiger charge is 2.12. The van der Waals surface area contributed by atoms with Gasteiger partial charge in [-0.25, -0.2) is 9.38 Å². The SMILES string of the molecule is CN(C)C=Nc1cc(-c2ccncc2)c(-c2ccc(F)cc2)s1. The van der Waals surface area contributed by atoms with Crippen LogP contribution < -0.4 is 0 Å². The molecule has 0 saturated heterocycles. The van der Waals surface area contributed by atoms with Gasteiger partial charge < -0.3 is 4.90 Å². The second-order valence-electron chi connectivity index (χ2n) is 5.28. The number of hydrogen-bond acceptors (Lipinski definition) is 3. The van der Waals surface area contributed by atoms with Crippen LogP contribution in [0.1, 0.15) is 0 Å². The lowest BCUT2D eigenvalue weighted by molar-refractivity contribution is 0.628. The Morgan fingerprint density at radius 1 is 1.04 bits per heavy atom. The minimum absolute atomic E-state index is 0.235. The maximum atomic E-state index is 13.2. The van der Waals surface area contributed by atoms with Crippen molar-refractivity contribution in [1.82, 2.24) is 9.88 Å². The number of thiophene rings is 1. The van der Waals surface area contributed by atoms with Gasteiger partial charge in [0.15, 0.2) is 0 Å². The first-order chi connectivity index (χ1) is 11.1. The molecule has 1 aromatic carbocycles. The number of pyridine rings is 1. The Morgan fingerprint density at radius 2 is 1.74 bits per heavy atom. The molecular weight excluding hydrogens is 309 g/mol. The average molecular weight is 325 g/mol. The molecule has 2 heterocycles. The first-order valence-corrected chi connectivity index (χ1v) is 7.96. The van der Waals surface area contributed by atoms with Gasteiger partial charge in [0, 0.05) is 36.9 Å². The lowest BCUT2D eigenvalue weighted by Gasteiger charge is -2.03. The summed E-state index contributed by atoms with van der Waals surface area (Å²) in [4.78, 5) is 11.5. The summed E-state index contributed by atoms with van der Waals surface area (Å²) in [6.45, 7) is 0. The van der Waals surface area contributed by atoms with Crippen molar-refractivity contribution in [3.63, 3.8) is 0 Å². The third-order valence-corrected chi connectivity index (χ3v) is 4.32. The van der Waals surface area contributed by atoms with E-state index in [-0.39, 0.29) is 5.82 Å². The van der Waals surface area contributed by atoms with Crippen molar-refractivity contribution >= 4 is 22.7 Å². The van der Waals surface area contributed by atoms with Crippen molar-refractivity contribution in [2.24, 2.45) is 4.99 Å². The molecule has 0 spiro atoms. The molecule has 0 N–H and O–H groups in total. The predicted octanol–water partition coefficient (Wildman–Crippen LogP) is 4.84. The molecule has 3 nitrogen and oxygen atoms in total. The monoisotopic (exact) mass is 325 g/mol. The Balaban J connectivity index is 2.10. The Bertz CT molecular complexity index is 808. The van der Waals surface area contributed by atoms with Gasteiger partial charge in [-0.15, -0.1) is 11.3 Å². The van der Waals surface area contributed by atoms with Crippen LogP contribution in [-0.2, 0) is 0 Å². The van der Waals surface area contributed by atoms with Gasteiger partial charge in [0.1, 0.15) is 10.8 Å². The van der Waals surface area contributed by atoms with Crippen LogP contribution >= 0.6 is 11.3 Å². The molecule has 0 aliphatic heterocycles. The fourth-order valence-electron chi connectivity index (χ4n) is 2.18. The number of aliphatic imine (C=N–C) groups is 1. The zero-order valence-corrected chi connectivity index (χ0v) is 13.7. The lowest BCUT2D eigenvalue weighted by Crippen LogP contribution is -2.06. The number of hydrogen-bond donors (Lipinski definition) is 0. The molecule has 0 aliphatic rings. The number of halogens is 1. The van der Waals surface area contributed by atoms with Crippen molar-refractivity contribution in [2.45, 2.75) is 0 Å². The van der Waals surface area contributed by atoms with E-state index in [1.54, 1.807) is 42.2 Å². The minimum atomic E-state index is -0.235. The Kier molecular flexibility index (Phi) is 4.48. The second-order valence-corrected chi connectivity index (χ2v) is 6.31. The van der Waals surface area contributed by atoms with Gasteiger partial charge in [-0.05, 0) is 41.5 Å². The maximum absolute atomic E-state index is 13.2. The second kappa shape index (κ2) is 6.71. The van der Waals surface area contributed by atoms with Gasteiger partial charge in [0.05, 0.1) is 6.34 Å². The fraction of sp³-hybridized carbons (Fsp3) is 0.111. The van der Waals surface area contributed by atoms with E-state index in [2.05, 4.69) is 16.0 Å². The molecule has 0 atom stereocenters. The van der Waals surface area contributed by atoms with Crippen molar-refractivity contribution in [3.8, 4) is 21.6 Å². The summed E-state index contributed by atoms with van der Waals surface area (Å²) in [6, 6.07) is 12.5. The van der Waals surface area contributed by atoms with Crippen molar-refractivity contribution in [1.29, 1.82) is 0 Å². The van der Waals surface area contributed by atoms with E-state index >= 15 is 0 Å². The zero-order chi connectivity index (χ0) is 16.2. The molecule has 3 aromatic rings. The molecule has 5 heteroatoms. The molecule has 0 fully saturated rings. The molecule has 0 unspecified atom stereocenters. The van der Waals surface area contributed by atoms with Crippen molar-refractivity contribution in [2.75, 3.05) is 14.1 Å². The normalized spacial score (nSPS) is 11.1. The summed E-state index contributed by atoms with van der Waals surface area (Å²) in [5.41, 5.74) is 3.13. The number of benzene rings is 1. The smallest absolute Gasteiger partial charge is 0.123 e. The highest BCUT2D eigenvalue weighted by atomic mass is 32.1. The van der Waals surface area contributed by atoms with E-state index in [9.17, 15) is 4.39 Å². The summed E-state index contributed by atoms with van der Waals surface area (Å²) in [5, 5.41) is 0.907. The van der Waals surface area contributed by atoms with Crippen LogP contribution in [0, 0.1) is 5.82 Å². The van der Waals surface area contributed by atoms with E-state index in [4.69, 9.17) is 0 Å². The molecule has 0 aliphatic carbocycles. The summed E-state index contributed by atoms with van der Waals surface area (Å²) < 4.78 is 13.2. The summed E-state index contributed by atoms with van der Waals surface area (Å²) in [5.74, 6) is -0.235. The van der Waals surface area contributed by atoms with E-state index < -0.39 is 0 Å². The predicted molar refractivity (Wildman–Crippen MR) is 94.8 cm³/mol. The van der Waals surface area contributed by atoms with Crippen LogP contribution in [0.5, 0.6) is 0 Å². The average Bonchev–Trinajstić information content (AvgIpc) is 2.99.